The molecule has 1 saturated heterocycles. The number of hydrogen-bond donors (Lipinski definition) is 0. The maximum atomic E-state index is 12.6. The zero-order chi connectivity index (χ0) is 18.1. The lowest BCUT2D eigenvalue weighted by Gasteiger charge is -2.39. The van der Waals surface area contributed by atoms with Gasteiger partial charge in [-0.1, -0.05) is 11.6 Å². The van der Waals surface area contributed by atoms with Crippen LogP contribution in [0.25, 0.3) is 11.0 Å². The van der Waals surface area contributed by atoms with E-state index in [2.05, 4.69) is 13.8 Å². The van der Waals surface area contributed by atoms with Gasteiger partial charge in [-0.15, -0.1) is 0 Å². The Morgan fingerprint density at radius 1 is 1.28 bits per heavy atom. The van der Waals surface area contributed by atoms with Crippen LogP contribution in [-0.4, -0.2) is 29.5 Å². The molecule has 1 fully saturated rings. The summed E-state index contributed by atoms with van der Waals surface area (Å²) in [6.07, 6.45) is 3.16. The van der Waals surface area contributed by atoms with Crippen molar-refractivity contribution >= 4 is 28.5 Å². The Balaban J connectivity index is 1.80. The quantitative estimate of drug-likeness (QED) is 0.775. The third kappa shape index (κ3) is 3.66. The summed E-state index contributed by atoms with van der Waals surface area (Å²) < 4.78 is 10.9. The molecule has 1 amide bonds. The van der Waals surface area contributed by atoms with Gasteiger partial charge >= 0.3 is 5.63 Å². The van der Waals surface area contributed by atoms with Gasteiger partial charge in [0.25, 0.3) is 5.91 Å². The standard InChI is InChI=1S/C19H22ClNO4/c1-11-7-19(23)25-16-9-17(15(20)8-14(11)16)24-10-18(22)21-12(2)5-4-6-13(21)3/h7-9,12-13H,4-6,10H2,1-3H3/t12-,13+. The number of piperidine rings is 1. The summed E-state index contributed by atoms with van der Waals surface area (Å²) >= 11 is 6.27. The summed E-state index contributed by atoms with van der Waals surface area (Å²) in [5.41, 5.74) is 0.758. The van der Waals surface area contributed by atoms with Crippen LogP contribution >= 0.6 is 11.6 Å². The van der Waals surface area contributed by atoms with Gasteiger partial charge in [0.05, 0.1) is 5.02 Å². The third-order valence-electron chi connectivity index (χ3n) is 4.84. The Morgan fingerprint density at radius 3 is 2.64 bits per heavy atom. The second-order valence-electron chi connectivity index (χ2n) is 6.75. The van der Waals surface area contributed by atoms with Gasteiger partial charge in [0.1, 0.15) is 11.3 Å². The van der Waals surface area contributed by atoms with Gasteiger partial charge in [-0.25, -0.2) is 4.79 Å². The molecular formula is C19H22ClNO4. The van der Waals surface area contributed by atoms with Crippen molar-refractivity contribution in [3.8, 4) is 5.75 Å². The first-order valence-corrected chi connectivity index (χ1v) is 8.92. The highest BCUT2D eigenvalue weighted by Gasteiger charge is 2.29. The first-order valence-electron chi connectivity index (χ1n) is 8.55. The summed E-state index contributed by atoms with van der Waals surface area (Å²) in [5.74, 6) is 0.287. The van der Waals surface area contributed by atoms with Gasteiger partial charge in [-0.05, 0) is 51.7 Å². The topological polar surface area (TPSA) is 59.8 Å². The number of ether oxygens (including phenoxy) is 1. The number of nitrogens with zero attached hydrogens (tertiary/aromatic N) is 1. The summed E-state index contributed by atoms with van der Waals surface area (Å²) in [6, 6.07) is 5.12. The molecule has 1 aliphatic rings. The van der Waals surface area contributed by atoms with Gasteiger partial charge in [0.2, 0.25) is 0 Å². The summed E-state index contributed by atoms with van der Waals surface area (Å²) in [5, 5.41) is 1.14. The van der Waals surface area contributed by atoms with E-state index >= 15 is 0 Å². The van der Waals surface area contributed by atoms with Crippen LogP contribution in [0, 0.1) is 6.92 Å². The molecule has 2 atom stereocenters. The molecule has 1 aliphatic heterocycles. The molecule has 1 aromatic carbocycles. The number of aryl methyl sites for hydroxylation is 1. The number of carbonyl (C=O) groups is 1. The summed E-state index contributed by atoms with van der Waals surface area (Å²) in [4.78, 5) is 26.0. The van der Waals surface area contributed by atoms with E-state index in [4.69, 9.17) is 20.8 Å². The van der Waals surface area contributed by atoms with E-state index in [1.54, 1.807) is 12.1 Å². The Labute approximate surface area is 151 Å². The van der Waals surface area contributed by atoms with Crippen molar-refractivity contribution in [2.24, 2.45) is 0 Å². The molecule has 3 rings (SSSR count). The van der Waals surface area contributed by atoms with E-state index in [-0.39, 0.29) is 24.6 Å². The van der Waals surface area contributed by atoms with Gasteiger partial charge in [-0.2, -0.15) is 0 Å². The Hall–Kier alpha value is -2.01. The second kappa shape index (κ2) is 7.08. The molecule has 0 spiro atoms. The number of rotatable bonds is 3. The van der Waals surface area contributed by atoms with E-state index in [1.807, 2.05) is 11.8 Å². The molecule has 134 valence electrons. The molecule has 5 nitrogen and oxygen atoms in total. The number of likely N-dealkylation sites (tertiary alicyclic amines) is 1. The highest BCUT2D eigenvalue weighted by atomic mass is 35.5. The average molecular weight is 364 g/mol. The van der Waals surface area contributed by atoms with E-state index < -0.39 is 5.63 Å². The van der Waals surface area contributed by atoms with E-state index in [9.17, 15) is 9.59 Å². The minimum Gasteiger partial charge on any atom is -0.482 e. The Bertz CT molecular complexity index is 850. The SMILES string of the molecule is Cc1cc(=O)oc2cc(OCC(=O)N3[C@H](C)CCC[C@@H]3C)c(Cl)cc12. The highest BCUT2D eigenvalue weighted by Crippen LogP contribution is 2.31. The van der Waals surface area contributed by atoms with E-state index in [0.29, 0.717) is 16.4 Å². The number of benzene rings is 1. The van der Waals surface area contributed by atoms with Crippen molar-refractivity contribution in [1.29, 1.82) is 0 Å². The first-order chi connectivity index (χ1) is 11.9. The van der Waals surface area contributed by atoms with Gasteiger partial charge in [-0.3, -0.25) is 4.79 Å². The van der Waals surface area contributed by atoms with E-state index in [1.165, 1.54) is 6.07 Å². The Morgan fingerprint density at radius 2 is 1.96 bits per heavy atom. The normalized spacial score (nSPS) is 20.7. The molecule has 6 heteroatoms. The molecule has 0 saturated carbocycles. The van der Waals surface area contributed by atoms with Crippen molar-refractivity contribution in [1.82, 2.24) is 4.90 Å². The number of hydrogen-bond acceptors (Lipinski definition) is 4. The van der Waals surface area contributed by atoms with E-state index in [0.717, 1.165) is 30.2 Å². The van der Waals surface area contributed by atoms with Crippen LogP contribution in [0.4, 0.5) is 0 Å². The number of halogens is 1. The van der Waals surface area contributed by atoms with Crippen molar-refractivity contribution in [3.05, 3.63) is 39.2 Å². The molecule has 1 aromatic heterocycles. The number of fused-ring (bicyclic) bond motifs is 1. The fraction of sp³-hybridized carbons (Fsp3) is 0.474. The minimum absolute atomic E-state index is 0.0541. The molecule has 2 aromatic rings. The molecule has 25 heavy (non-hydrogen) atoms. The largest absolute Gasteiger partial charge is 0.482 e. The molecule has 2 heterocycles. The van der Waals surface area contributed by atoms with Gasteiger partial charge in [0.15, 0.2) is 6.61 Å². The van der Waals surface area contributed by atoms with Gasteiger partial charge in [0, 0.05) is 29.6 Å². The molecule has 0 unspecified atom stereocenters. The second-order valence-corrected chi connectivity index (χ2v) is 7.15. The van der Waals surface area contributed by atoms with Crippen LogP contribution < -0.4 is 10.4 Å². The van der Waals surface area contributed by atoms with Crippen LogP contribution in [-0.2, 0) is 4.79 Å². The lowest BCUT2D eigenvalue weighted by molar-refractivity contribution is -0.139. The van der Waals surface area contributed by atoms with Crippen LogP contribution in [0.3, 0.4) is 0 Å². The van der Waals surface area contributed by atoms with Crippen molar-refractivity contribution in [2.45, 2.75) is 52.1 Å². The lowest BCUT2D eigenvalue weighted by atomic mass is 9.97. The summed E-state index contributed by atoms with van der Waals surface area (Å²) in [7, 11) is 0. The average Bonchev–Trinajstić information content (AvgIpc) is 2.53. The molecule has 0 radical (unpaired) electrons. The van der Waals surface area contributed by atoms with Crippen molar-refractivity contribution in [3.63, 3.8) is 0 Å². The van der Waals surface area contributed by atoms with Crippen LogP contribution in [0.2, 0.25) is 5.02 Å². The zero-order valence-corrected chi connectivity index (χ0v) is 15.4. The van der Waals surface area contributed by atoms with Crippen molar-refractivity contribution in [2.75, 3.05) is 6.61 Å². The predicted octanol–water partition coefficient (Wildman–Crippen LogP) is 3.92. The predicted molar refractivity (Wildman–Crippen MR) is 97.3 cm³/mol. The monoisotopic (exact) mass is 363 g/mol. The maximum Gasteiger partial charge on any atom is 0.336 e. The number of carbonyl (C=O) groups excluding carboxylic acids is 1. The zero-order valence-electron chi connectivity index (χ0n) is 14.7. The smallest absolute Gasteiger partial charge is 0.336 e. The highest BCUT2D eigenvalue weighted by molar-refractivity contribution is 6.32. The van der Waals surface area contributed by atoms with Crippen LogP contribution in [0.1, 0.15) is 38.7 Å². The molecule has 0 bridgehead atoms. The maximum absolute atomic E-state index is 12.6. The fourth-order valence-corrected chi connectivity index (χ4v) is 3.78. The fourth-order valence-electron chi connectivity index (χ4n) is 3.56. The Kier molecular flexibility index (Phi) is 5.04. The molecule has 0 aliphatic carbocycles. The summed E-state index contributed by atoms with van der Waals surface area (Å²) in [6.45, 7) is 5.86. The molecular weight excluding hydrogens is 342 g/mol. The number of amides is 1. The van der Waals surface area contributed by atoms with Crippen molar-refractivity contribution < 1.29 is 13.9 Å². The van der Waals surface area contributed by atoms with Gasteiger partial charge < -0.3 is 14.1 Å². The van der Waals surface area contributed by atoms with Crippen LogP contribution in [0.15, 0.2) is 27.4 Å². The lowest BCUT2D eigenvalue weighted by Crippen LogP contribution is -2.49. The first kappa shape index (κ1) is 17.8. The minimum atomic E-state index is -0.426. The molecule has 0 N–H and O–H groups in total. The third-order valence-corrected chi connectivity index (χ3v) is 5.13. The van der Waals surface area contributed by atoms with Crippen LogP contribution in [0.5, 0.6) is 5.75 Å².